The molecule has 1 aromatic carbocycles. The summed E-state index contributed by atoms with van der Waals surface area (Å²) in [4.78, 5) is 11.1. The number of carbonyl (C=O) groups is 1. The van der Waals surface area contributed by atoms with Gasteiger partial charge in [0.2, 0.25) is 0 Å². The van der Waals surface area contributed by atoms with E-state index in [2.05, 4.69) is 0 Å². The summed E-state index contributed by atoms with van der Waals surface area (Å²) in [5, 5.41) is 8.96. The van der Waals surface area contributed by atoms with Crippen LogP contribution in [0.25, 0.3) is 0 Å². The molecule has 0 aliphatic heterocycles. The van der Waals surface area contributed by atoms with Crippen LogP contribution in [-0.4, -0.2) is 25.2 Å². The fourth-order valence-electron chi connectivity index (χ4n) is 2.65. The van der Waals surface area contributed by atoms with Crippen LogP contribution < -0.4 is 0 Å². The minimum Gasteiger partial charge on any atom is -0.478 e. The molecule has 1 aromatic rings. The monoisotopic (exact) mass is 282 g/mol. The fourth-order valence-corrected chi connectivity index (χ4v) is 4.64. The van der Waals surface area contributed by atoms with Crippen molar-refractivity contribution in [3.8, 4) is 0 Å². The van der Waals surface area contributed by atoms with Crippen molar-refractivity contribution >= 4 is 15.8 Å². The van der Waals surface area contributed by atoms with Gasteiger partial charge in [-0.1, -0.05) is 18.9 Å². The van der Waals surface area contributed by atoms with Crippen LogP contribution in [0.5, 0.6) is 0 Å². The maximum absolute atomic E-state index is 12.4. The van der Waals surface area contributed by atoms with Gasteiger partial charge in [-0.2, -0.15) is 0 Å². The predicted octanol–water partition coefficient (Wildman–Crippen LogP) is 2.66. The first kappa shape index (κ1) is 14.1. The molecule has 0 heterocycles. The van der Waals surface area contributed by atoms with Crippen molar-refractivity contribution in [2.45, 2.75) is 37.5 Å². The minimum atomic E-state index is -3.39. The topological polar surface area (TPSA) is 71.4 Å². The van der Waals surface area contributed by atoms with Crippen LogP contribution in [0.4, 0.5) is 0 Å². The third-order valence-corrected chi connectivity index (χ3v) is 5.72. The number of carboxylic acid groups (broad SMARTS) is 1. The van der Waals surface area contributed by atoms with Gasteiger partial charge in [0.15, 0.2) is 9.84 Å². The summed E-state index contributed by atoms with van der Waals surface area (Å²) < 4.78 is 24.8. The van der Waals surface area contributed by atoms with Crippen LogP contribution in [0.1, 0.15) is 41.6 Å². The molecule has 1 aliphatic rings. The Balaban J connectivity index is 2.33. The molecule has 0 unspecified atom stereocenters. The van der Waals surface area contributed by atoms with E-state index in [0.29, 0.717) is 5.56 Å². The molecule has 0 saturated heterocycles. The van der Waals surface area contributed by atoms with Gasteiger partial charge in [0, 0.05) is 0 Å². The van der Waals surface area contributed by atoms with Gasteiger partial charge < -0.3 is 5.11 Å². The third-order valence-electron chi connectivity index (χ3n) is 3.70. The highest BCUT2D eigenvalue weighted by Gasteiger charge is 2.25. The van der Waals surface area contributed by atoms with Gasteiger partial charge in [0.25, 0.3) is 0 Å². The molecule has 0 atom stereocenters. The highest BCUT2D eigenvalue weighted by molar-refractivity contribution is 7.91. The first-order valence-electron chi connectivity index (χ1n) is 6.47. The molecule has 1 N–H and O–H groups in total. The quantitative estimate of drug-likeness (QED) is 0.921. The average molecular weight is 282 g/mol. The van der Waals surface area contributed by atoms with Crippen LogP contribution in [0.3, 0.4) is 0 Å². The average Bonchev–Trinajstić information content (AvgIpc) is 2.81. The Morgan fingerprint density at radius 2 is 1.95 bits per heavy atom. The van der Waals surface area contributed by atoms with Crippen molar-refractivity contribution in [3.05, 3.63) is 29.3 Å². The number of benzene rings is 1. The van der Waals surface area contributed by atoms with Crippen LogP contribution in [-0.2, 0) is 9.84 Å². The number of aromatic carboxylic acids is 1. The van der Waals surface area contributed by atoms with Crippen LogP contribution in [0.2, 0.25) is 0 Å². The van der Waals surface area contributed by atoms with E-state index in [1.165, 1.54) is 12.1 Å². The van der Waals surface area contributed by atoms with Crippen molar-refractivity contribution in [2.75, 3.05) is 5.75 Å². The van der Waals surface area contributed by atoms with Gasteiger partial charge in [0.05, 0.1) is 16.2 Å². The van der Waals surface area contributed by atoms with Crippen LogP contribution >= 0.6 is 0 Å². The van der Waals surface area contributed by atoms with E-state index in [0.717, 1.165) is 25.7 Å². The van der Waals surface area contributed by atoms with Gasteiger partial charge in [-0.25, -0.2) is 13.2 Å². The predicted molar refractivity (Wildman–Crippen MR) is 72.1 cm³/mol. The van der Waals surface area contributed by atoms with Gasteiger partial charge in [-0.3, -0.25) is 0 Å². The molecule has 2 rings (SSSR count). The number of aryl methyl sites for hydroxylation is 1. The first-order valence-corrected chi connectivity index (χ1v) is 8.12. The van der Waals surface area contributed by atoms with E-state index in [1.807, 2.05) is 0 Å². The third kappa shape index (κ3) is 3.15. The van der Waals surface area contributed by atoms with E-state index in [1.54, 1.807) is 13.0 Å². The molecule has 1 aliphatic carbocycles. The molecule has 19 heavy (non-hydrogen) atoms. The lowest BCUT2D eigenvalue weighted by molar-refractivity contribution is 0.0696. The molecule has 0 radical (unpaired) electrons. The normalized spacial score (nSPS) is 16.7. The van der Waals surface area contributed by atoms with Gasteiger partial charge >= 0.3 is 5.97 Å². The van der Waals surface area contributed by atoms with E-state index in [-0.39, 0.29) is 22.1 Å². The summed E-state index contributed by atoms with van der Waals surface area (Å²) in [6, 6.07) is 4.28. The Labute approximate surface area is 113 Å². The summed E-state index contributed by atoms with van der Waals surface area (Å²) in [5.74, 6) is -0.744. The second-order valence-corrected chi connectivity index (χ2v) is 7.22. The number of carboxylic acids is 1. The Morgan fingerprint density at radius 3 is 2.53 bits per heavy atom. The molecule has 0 aromatic heterocycles. The molecule has 104 valence electrons. The summed E-state index contributed by atoms with van der Waals surface area (Å²) in [5.41, 5.74) is 0.638. The Kier molecular flexibility index (Phi) is 3.94. The summed E-state index contributed by atoms with van der Waals surface area (Å²) in [6.45, 7) is 1.70. The summed E-state index contributed by atoms with van der Waals surface area (Å²) in [6.07, 6.45) is 4.09. The summed E-state index contributed by atoms with van der Waals surface area (Å²) in [7, 11) is -3.39. The number of rotatable bonds is 4. The number of sulfone groups is 1. The van der Waals surface area contributed by atoms with Gasteiger partial charge in [-0.05, 0) is 43.4 Å². The molecular weight excluding hydrogens is 264 g/mol. The first-order chi connectivity index (χ1) is 8.90. The molecule has 1 saturated carbocycles. The molecule has 0 amide bonds. The van der Waals surface area contributed by atoms with Gasteiger partial charge in [0.1, 0.15) is 0 Å². The fraction of sp³-hybridized carbons (Fsp3) is 0.500. The smallest absolute Gasteiger partial charge is 0.335 e. The molecule has 4 nitrogen and oxygen atoms in total. The Bertz CT molecular complexity index is 583. The van der Waals surface area contributed by atoms with E-state index < -0.39 is 15.8 Å². The molecule has 0 bridgehead atoms. The van der Waals surface area contributed by atoms with Crippen molar-refractivity contribution < 1.29 is 18.3 Å². The Morgan fingerprint density at radius 1 is 1.32 bits per heavy atom. The number of hydrogen-bond acceptors (Lipinski definition) is 3. The standard InChI is InChI=1S/C14H18O4S/c1-10-6-7-12(14(15)16)8-13(10)19(17,18)9-11-4-2-3-5-11/h6-8,11H,2-5,9H2,1H3,(H,15,16). The van der Waals surface area contributed by atoms with Crippen LogP contribution in [0, 0.1) is 12.8 Å². The molecule has 0 spiro atoms. The van der Waals surface area contributed by atoms with Crippen molar-refractivity contribution in [3.63, 3.8) is 0 Å². The van der Waals surface area contributed by atoms with Crippen molar-refractivity contribution in [1.82, 2.24) is 0 Å². The van der Waals surface area contributed by atoms with E-state index in [9.17, 15) is 13.2 Å². The van der Waals surface area contributed by atoms with Crippen molar-refractivity contribution in [2.24, 2.45) is 5.92 Å². The Hall–Kier alpha value is -1.36. The zero-order chi connectivity index (χ0) is 14.0. The second-order valence-electron chi connectivity index (χ2n) is 5.22. The van der Waals surface area contributed by atoms with Gasteiger partial charge in [-0.15, -0.1) is 0 Å². The lowest BCUT2D eigenvalue weighted by Gasteiger charge is -2.12. The zero-order valence-electron chi connectivity index (χ0n) is 10.9. The second kappa shape index (κ2) is 5.33. The highest BCUT2D eigenvalue weighted by atomic mass is 32.2. The van der Waals surface area contributed by atoms with Crippen molar-refractivity contribution in [1.29, 1.82) is 0 Å². The molecule has 5 heteroatoms. The maximum atomic E-state index is 12.4. The van der Waals surface area contributed by atoms with Crippen LogP contribution in [0.15, 0.2) is 23.1 Å². The lowest BCUT2D eigenvalue weighted by Crippen LogP contribution is -2.15. The molecule has 1 fully saturated rings. The largest absolute Gasteiger partial charge is 0.478 e. The maximum Gasteiger partial charge on any atom is 0.335 e. The van der Waals surface area contributed by atoms with E-state index in [4.69, 9.17) is 5.11 Å². The SMILES string of the molecule is Cc1ccc(C(=O)O)cc1S(=O)(=O)CC1CCCC1. The highest BCUT2D eigenvalue weighted by Crippen LogP contribution is 2.29. The zero-order valence-corrected chi connectivity index (χ0v) is 11.7. The summed E-state index contributed by atoms with van der Waals surface area (Å²) >= 11 is 0. The number of hydrogen-bond donors (Lipinski definition) is 1. The molecular formula is C14H18O4S. The lowest BCUT2D eigenvalue weighted by atomic mass is 10.1. The van der Waals surface area contributed by atoms with E-state index >= 15 is 0 Å². The minimum absolute atomic E-state index is 0.0237.